The number of rotatable bonds is 5. The third kappa shape index (κ3) is 3.74. The van der Waals surface area contributed by atoms with E-state index in [4.69, 9.17) is 4.74 Å². The molecule has 0 radical (unpaired) electrons. The summed E-state index contributed by atoms with van der Waals surface area (Å²) in [5.41, 5.74) is 3.73. The Kier molecular flexibility index (Phi) is 4.99. The van der Waals surface area contributed by atoms with Gasteiger partial charge in [0.15, 0.2) is 0 Å². The molecule has 1 heterocycles. The van der Waals surface area contributed by atoms with Crippen molar-refractivity contribution in [2.24, 2.45) is 0 Å². The molecule has 0 aliphatic carbocycles. The molecule has 0 bridgehead atoms. The van der Waals surface area contributed by atoms with Crippen molar-refractivity contribution < 1.29 is 4.74 Å². The zero-order valence-corrected chi connectivity index (χ0v) is 14.1. The molecular formula is C20H19NOS. The number of nitrogens with zero attached hydrogens (tertiary/aromatic N) is 1. The fourth-order valence-corrected chi connectivity index (χ4v) is 3.69. The Bertz CT molecular complexity index is 756. The van der Waals surface area contributed by atoms with Gasteiger partial charge >= 0.3 is 0 Å². The molecule has 0 saturated carbocycles. The van der Waals surface area contributed by atoms with Gasteiger partial charge < -0.3 is 4.74 Å². The van der Waals surface area contributed by atoms with E-state index >= 15 is 0 Å². The van der Waals surface area contributed by atoms with E-state index in [2.05, 4.69) is 54.4 Å². The van der Waals surface area contributed by atoms with E-state index in [0.29, 0.717) is 0 Å². The zero-order chi connectivity index (χ0) is 16.1. The quantitative estimate of drug-likeness (QED) is 0.597. The molecule has 0 fully saturated rings. The Hall–Kier alpha value is -2.26. The molecule has 0 aliphatic rings. The molecule has 1 aromatic heterocycles. The maximum absolute atomic E-state index is 5.27. The van der Waals surface area contributed by atoms with Gasteiger partial charge in [0, 0.05) is 17.3 Å². The summed E-state index contributed by atoms with van der Waals surface area (Å²) < 4.78 is 5.27. The second kappa shape index (κ2) is 7.34. The number of aromatic nitrogens is 1. The van der Waals surface area contributed by atoms with Crippen molar-refractivity contribution in [1.29, 1.82) is 0 Å². The minimum atomic E-state index is 0.204. The van der Waals surface area contributed by atoms with Gasteiger partial charge in [-0.05, 0) is 47.9 Å². The summed E-state index contributed by atoms with van der Waals surface area (Å²) in [5, 5.41) is 0.204. The van der Waals surface area contributed by atoms with Gasteiger partial charge in [-0.25, -0.2) is 0 Å². The lowest BCUT2D eigenvalue weighted by Gasteiger charge is -2.19. The van der Waals surface area contributed by atoms with Gasteiger partial charge in [-0.15, -0.1) is 11.8 Å². The number of aryl methyl sites for hydroxylation is 1. The van der Waals surface area contributed by atoms with Crippen LogP contribution in [0.2, 0.25) is 0 Å². The molecule has 0 spiro atoms. The van der Waals surface area contributed by atoms with Crippen molar-refractivity contribution in [3.05, 3.63) is 89.7 Å². The Morgan fingerprint density at radius 2 is 1.70 bits per heavy atom. The van der Waals surface area contributed by atoms with Gasteiger partial charge in [-0.3, -0.25) is 4.98 Å². The predicted molar refractivity (Wildman–Crippen MR) is 96.1 cm³/mol. The van der Waals surface area contributed by atoms with Gasteiger partial charge in [0.25, 0.3) is 0 Å². The second-order valence-electron chi connectivity index (χ2n) is 5.32. The third-order valence-corrected chi connectivity index (χ3v) is 5.24. The van der Waals surface area contributed by atoms with Crippen LogP contribution in [-0.2, 0) is 0 Å². The average Bonchev–Trinajstić information content (AvgIpc) is 2.62. The Morgan fingerprint density at radius 1 is 0.913 bits per heavy atom. The number of hydrogen-bond donors (Lipinski definition) is 0. The summed E-state index contributed by atoms with van der Waals surface area (Å²) in [5.74, 6) is 0.875. The van der Waals surface area contributed by atoms with Crippen LogP contribution in [-0.4, -0.2) is 12.1 Å². The van der Waals surface area contributed by atoms with Gasteiger partial charge in [-0.1, -0.05) is 36.4 Å². The van der Waals surface area contributed by atoms with Crippen LogP contribution in [0.4, 0.5) is 0 Å². The van der Waals surface area contributed by atoms with Crippen LogP contribution in [0, 0.1) is 6.92 Å². The Balaban J connectivity index is 1.98. The smallest absolute Gasteiger partial charge is 0.118 e. The first-order valence-corrected chi connectivity index (χ1v) is 8.42. The van der Waals surface area contributed by atoms with Crippen LogP contribution in [0.5, 0.6) is 5.75 Å². The first-order valence-electron chi connectivity index (χ1n) is 7.54. The van der Waals surface area contributed by atoms with Crippen LogP contribution in [0.3, 0.4) is 0 Å². The third-order valence-electron chi connectivity index (χ3n) is 3.74. The van der Waals surface area contributed by atoms with Gasteiger partial charge in [0.2, 0.25) is 0 Å². The Morgan fingerprint density at radius 3 is 2.35 bits per heavy atom. The lowest BCUT2D eigenvalue weighted by molar-refractivity contribution is 0.414. The highest BCUT2D eigenvalue weighted by molar-refractivity contribution is 7.99. The first-order chi connectivity index (χ1) is 11.3. The number of pyridine rings is 1. The standard InChI is InChI=1S/C20H19NOS/c1-15-6-3-4-8-19(15)23-20(17-7-5-13-21-14-17)16-9-11-18(22-2)12-10-16/h3-14,20H,1-2H3. The zero-order valence-electron chi connectivity index (χ0n) is 13.3. The molecule has 116 valence electrons. The molecule has 1 unspecified atom stereocenters. The van der Waals surface area contributed by atoms with Crippen molar-refractivity contribution in [2.45, 2.75) is 17.1 Å². The van der Waals surface area contributed by atoms with Crippen molar-refractivity contribution in [3.63, 3.8) is 0 Å². The number of hydrogen-bond acceptors (Lipinski definition) is 3. The maximum atomic E-state index is 5.27. The maximum Gasteiger partial charge on any atom is 0.118 e. The van der Waals surface area contributed by atoms with Crippen LogP contribution < -0.4 is 4.74 Å². The van der Waals surface area contributed by atoms with E-state index in [1.165, 1.54) is 21.6 Å². The molecule has 2 nitrogen and oxygen atoms in total. The highest BCUT2D eigenvalue weighted by atomic mass is 32.2. The molecular weight excluding hydrogens is 302 g/mol. The van der Waals surface area contributed by atoms with E-state index < -0.39 is 0 Å². The summed E-state index contributed by atoms with van der Waals surface area (Å²) in [6.45, 7) is 2.15. The number of methoxy groups -OCH3 is 1. The fraction of sp³-hybridized carbons (Fsp3) is 0.150. The molecule has 23 heavy (non-hydrogen) atoms. The SMILES string of the molecule is COc1ccc(C(Sc2ccccc2C)c2cccnc2)cc1. The minimum Gasteiger partial charge on any atom is -0.497 e. The lowest BCUT2D eigenvalue weighted by Crippen LogP contribution is -1.98. The normalized spacial score (nSPS) is 11.9. The molecule has 3 aromatic rings. The number of ether oxygens (including phenoxy) is 1. The molecule has 1 atom stereocenters. The highest BCUT2D eigenvalue weighted by Crippen LogP contribution is 2.41. The van der Waals surface area contributed by atoms with Crippen molar-refractivity contribution in [1.82, 2.24) is 4.98 Å². The van der Waals surface area contributed by atoms with Crippen LogP contribution in [0.15, 0.2) is 78.0 Å². The van der Waals surface area contributed by atoms with E-state index in [0.717, 1.165) is 5.75 Å². The van der Waals surface area contributed by atoms with Gasteiger partial charge in [0.1, 0.15) is 5.75 Å². The lowest BCUT2D eigenvalue weighted by atomic mass is 10.1. The van der Waals surface area contributed by atoms with E-state index in [-0.39, 0.29) is 5.25 Å². The van der Waals surface area contributed by atoms with E-state index in [1.54, 1.807) is 7.11 Å². The summed E-state index contributed by atoms with van der Waals surface area (Å²) in [4.78, 5) is 5.58. The average molecular weight is 321 g/mol. The van der Waals surface area contributed by atoms with E-state index in [9.17, 15) is 0 Å². The summed E-state index contributed by atoms with van der Waals surface area (Å²) in [6, 6.07) is 20.9. The molecule has 3 heteroatoms. The minimum absolute atomic E-state index is 0.204. The topological polar surface area (TPSA) is 22.1 Å². The van der Waals surface area contributed by atoms with Crippen molar-refractivity contribution in [3.8, 4) is 5.75 Å². The van der Waals surface area contributed by atoms with Crippen LogP contribution >= 0.6 is 11.8 Å². The van der Waals surface area contributed by atoms with Gasteiger partial charge in [0.05, 0.1) is 12.4 Å². The molecule has 2 aromatic carbocycles. The number of thioether (sulfide) groups is 1. The monoisotopic (exact) mass is 321 g/mol. The summed E-state index contributed by atoms with van der Waals surface area (Å²) in [6.07, 6.45) is 3.76. The molecule has 0 saturated heterocycles. The van der Waals surface area contributed by atoms with Gasteiger partial charge in [-0.2, -0.15) is 0 Å². The van der Waals surface area contributed by atoms with Crippen LogP contribution in [0.1, 0.15) is 21.9 Å². The highest BCUT2D eigenvalue weighted by Gasteiger charge is 2.17. The largest absolute Gasteiger partial charge is 0.497 e. The van der Waals surface area contributed by atoms with Crippen LogP contribution in [0.25, 0.3) is 0 Å². The molecule has 3 rings (SSSR count). The molecule has 0 aliphatic heterocycles. The molecule has 0 amide bonds. The Labute approximate surface area is 141 Å². The summed E-state index contributed by atoms with van der Waals surface area (Å²) in [7, 11) is 1.69. The van der Waals surface area contributed by atoms with E-state index in [1.807, 2.05) is 42.4 Å². The summed E-state index contributed by atoms with van der Waals surface area (Å²) >= 11 is 1.85. The number of benzene rings is 2. The first kappa shape index (κ1) is 15.6. The molecule has 0 N–H and O–H groups in total. The van der Waals surface area contributed by atoms with Crippen molar-refractivity contribution >= 4 is 11.8 Å². The second-order valence-corrected chi connectivity index (χ2v) is 6.47. The van der Waals surface area contributed by atoms with Crippen molar-refractivity contribution in [2.75, 3.05) is 7.11 Å². The fourth-order valence-electron chi connectivity index (χ4n) is 2.45. The predicted octanol–water partition coefficient (Wildman–Crippen LogP) is 5.28.